The molecule has 1 aromatic carbocycles. The van der Waals surface area contributed by atoms with Crippen molar-refractivity contribution in [3.63, 3.8) is 0 Å². The van der Waals surface area contributed by atoms with Gasteiger partial charge in [0.1, 0.15) is 6.04 Å². The van der Waals surface area contributed by atoms with Crippen molar-refractivity contribution >= 4 is 21.5 Å². The number of hydrogen-bond acceptors (Lipinski definition) is 4. The third kappa shape index (κ3) is 1.86. The molecule has 1 N–H and O–H groups in total. The molecule has 18 heavy (non-hydrogen) atoms. The molecular formula is C12H15NO4S. The summed E-state index contributed by atoms with van der Waals surface area (Å²) in [4.78, 5) is 12.9. The van der Waals surface area contributed by atoms with E-state index in [0.717, 1.165) is 11.1 Å². The second kappa shape index (κ2) is 3.98. The van der Waals surface area contributed by atoms with E-state index in [0.29, 0.717) is 5.69 Å². The third-order valence-corrected chi connectivity index (χ3v) is 5.17. The first kappa shape index (κ1) is 12.9. The summed E-state index contributed by atoms with van der Waals surface area (Å²) in [5.74, 6) is -1.50. The molecule has 1 atom stereocenters. The highest BCUT2D eigenvalue weighted by Crippen LogP contribution is 2.34. The monoisotopic (exact) mass is 269 g/mol. The maximum atomic E-state index is 12.1. The van der Waals surface area contributed by atoms with Crippen LogP contribution in [0.25, 0.3) is 0 Å². The number of aliphatic carboxylic acids is 1. The summed E-state index contributed by atoms with van der Waals surface area (Å²) in [6.45, 7) is 3.72. The molecule has 0 spiro atoms. The minimum absolute atomic E-state index is 0.227. The highest BCUT2D eigenvalue weighted by molar-refractivity contribution is 7.91. The van der Waals surface area contributed by atoms with Crippen LogP contribution in [0.1, 0.15) is 11.1 Å². The first-order chi connectivity index (χ1) is 8.24. The van der Waals surface area contributed by atoms with Crippen molar-refractivity contribution in [2.24, 2.45) is 0 Å². The van der Waals surface area contributed by atoms with Crippen LogP contribution in [0.15, 0.2) is 17.0 Å². The van der Waals surface area contributed by atoms with E-state index in [1.165, 1.54) is 4.90 Å². The van der Waals surface area contributed by atoms with Crippen molar-refractivity contribution < 1.29 is 18.3 Å². The molecule has 0 saturated carbocycles. The fraction of sp³-hybridized carbons (Fsp3) is 0.417. The molecule has 0 aliphatic carbocycles. The van der Waals surface area contributed by atoms with Gasteiger partial charge >= 0.3 is 5.97 Å². The van der Waals surface area contributed by atoms with E-state index in [2.05, 4.69) is 0 Å². The van der Waals surface area contributed by atoms with E-state index >= 15 is 0 Å². The van der Waals surface area contributed by atoms with Gasteiger partial charge in [-0.15, -0.1) is 0 Å². The van der Waals surface area contributed by atoms with Gasteiger partial charge < -0.3 is 10.0 Å². The van der Waals surface area contributed by atoms with Gasteiger partial charge in [0, 0.05) is 7.05 Å². The molecule has 1 heterocycles. The summed E-state index contributed by atoms with van der Waals surface area (Å²) in [6.07, 6.45) is 0. The number of hydrogen-bond donors (Lipinski definition) is 1. The lowest BCUT2D eigenvalue weighted by molar-refractivity contribution is -0.138. The normalized spacial score (nSPS) is 21.5. The van der Waals surface area contributed by atoms with E-state index in [4.69, 9.17) is 5.11 Å². The molecule has 1 aliphatic rings. The predicted molar refractivity (Wildman–Crippen MR) is 67.8 cm³/mol. The van der Waals surface area contributed by atoms with Gasteiger partial charge in [0.25, 0.3) is 0 Å². The number of nitrogens with zero attached hydrogens (tertiary/aromatic N) is 1. The Bertz CT molecular complexity index is 621. The van der Waals surface area contributed by atoms with Crippen LogP contribution in [0, 0.1) is 13.8 Å². The van der Waals surface area contributed by atoms with Crippen molar-refractivity contribution in [1.29, 1.82) is 0 Å². The lowest BCUT2D eigenvalue weighted by Gasteiger charge is -2.33. The summed E-state index contributed by atoms with van der Waals surface area (Å²) < 4.78 is 24.2. The Morgan fingerprint density at radius 1 is 1.33 bits per heavy atom. The largest absolute Gasteiger partial charge is 0.480 e. The van der Waals surface area contributed by atoms with Crippen LogP contribution < -0.4 is 4.90 Å². The minimum Gasteiger partial charge on any atom is -0.480 e. The van der Waals surface area contributed by atoms with E-state index < -0.39 is 21.8 Å². The molecule has 0 aromatic heterocycles. The molecule has 1 unspecified atom stereocenters. The molecule has 0 saturated heterocycles. The minimum atomic E-state index is -3.53. The zero-order chi connectivity index (χ0) is 13.7. The molecule has 5 nitrogen and oxygen atoms in total. The Labute approximate surface area is 106 Å². The molecule has 0 radical (unpaired) electrons. The number of likely N-dealkylation sites (N-methyl/N-ethyl adjacent to an activating group) is 1. The summed E-state index contributed by atoms with van der Waals surface area (Å²) in [5, 5.41) is 9.08. The van der Waals surface area contributed by atoms with Crippen LogP contribution in [-0.2, 0) is 14.6 Å². The summed E-state index contributed by atoms with van der Waals surface area (Å²) in [5.41, 5.74) is 2.30. The molecule has 6 heteroatoms. The Hall–Kier alpha value is -1.56. The molecule has 0 fully saturated rings. The number of benzene rings is 1. The number of carboxylic acids is 1. The lowest BCUT2D eigenvalue weighted by atomic mass is 10.1. The average molecular weight is 269 g/mol. The summed E-state index contributed by atoms with van der Waals surface area (Å²) >= 11 is 0. The molecule has 0 amide bonds. The van der Waals surface area contributed by atoms with Gasteiger partial charge in [-0.2, -0.15) is 0 Å². The van der Waals surface area contributed by atoms with Crippen molar-refractivity contribution in [2.45, 2.75) is 24.8 Å². The summed E-state index contributed by atoms with van der Waals surface area (Å²) in [6, 6.07) is 2.33. The average Bonchev–Trinajstić information content (AvgIpc) is 2.26. The van der Waals surface area contributed by atoms with Crippen LogP contribution >= 0.6 is 0 Å². The van der Waals surface area contributed by atoms with Gasteiger partial charge in [-0.3, -0.25) is 0 Å². The fourth-order valence-electron chi connectivity index (χ4n) is 2.11. The number of anilines is 1. The van der Waals surface area contributed by atoms with Crippen molar-refractivity contribution in [3.05, 3.63) is 23.3 Å². The second-order valence-corrected chi connectivity index (χ2v) is 6.65. The molecule has 98 valence electrons. The molecule has 0 bridgehead atoms. The van der Waals surface area contributed by atoms with Crippen LogP contribution in [-0.4, -0.2) is 38.3 Å². The van der Waals surface area contributed by atoms with Gasteiger partial charge in [-0.05, 0) is 37.1 Å². The molecular weight excluding hydrogens is 254 g/mol. The van der Waals surface area contributed by atoms with Crippen LogP contribution in [0.4, 0.5) is 5.69 Å². The fourth-order valence-corrected chi connectivity index (χ4v) is 3.95. The Balaban J connectivity index is 2.70. The van der Waals surface area contributed by atoms with Gasteiger partial charge in [-0.1, -0.05) is 0 Å². The second-order valence-electron chi connectivity index (χ2n) is 4.65. The summed E-state index contributed by atoms with van der Waals surface area (Å²) in [7, 11) is -1.92. The predicted octanol–water partition coefficient (Wildman–Crippen LogP) is 0.980. The van der Waals surface area contributed by atoms with E-state index in [1.54, 1.807) is 19.2 Å². The number of aryl methyl sites for hydroxylation is 2. The van der Waals surface area contributed by atoms with Gasteiger partial charge in [0.2, 0.25) is 0 Å². The molecule has 1 aromatic rings. The van der Waals surface area contributed by atoms with Gasteiger partial charge in [0.15, 0.2) is 9.84 Å². The zero-order valence-corrected chi connectivity index (χ0v) is 11.3. The Morgan fingerprint density at radius 2 is 1.89 bits per heavy atom. The van der Waals surface area contributed by atoms with Crippen molar-refractivity contribution in [2.75, 3.05) is 17.7 Å². The maximum absolute atomic E-state index is 12.1. The number of rotatable bonds is 1. The van der Waals surface area contributed by atoms with E-state index in [-0.39, 0.29) is 10.6 Å². The number of carbonyl (C=O) groups is 1. The van der Waals surface area contributed by atoms with Gasteiger partial charge in [0.05, 0.1) is 16.3 Å². The SMILES string of the molecule is Cc1cc2c(cc1C)S(=O)(=O)CC(C(=O)O)N2C. The van der Waals surface area contributed by atoms with Crippen LogP contribution in [0.5, 0.6) is 0 Å². The third-order valence-electron chi connectivity index (χ3n) is 3.42. The van der Waals surface area contributed by atoms with Gasteiger partial charge in [-0.25, -0.2) is 13.2 Å². The topological polar surface area (TPSA) is 74.7 Å². The maximum Gasteiger partial charge on any atom is 0.327 e. The van der Waals surface area contributed by atoms with Crippen molar-refractivity contribution in [1.82, 2.24) is 0 Å². The number of sulfone groups is 1. The molecule has 2 rings (SSSR count). The Kier molecular flexibility index (Phi) is 2.85. The highest BCUT2D eigenvalue weighted by Gasteiger charge is 2.38. The molecule has 1 aliphatic heterocycles. The zero-order valence-electron chi connectivity index (χ0n) is 10.5. The number of carboxylic acid groups (broad SMARTS) is 1. The lowest BCUT2D eigenvalue weighted by Crippen LogP contribution is -2.47. The standard InChI is InChI=1S/C12H15NO4S/c1-7-4-9-11(5-8(7)2)18(16,17)6-10(12(14)15)13(9)3/h4-5,10H,6H2,1-3H3,(H,14,15). The smallest absolute Gasteiger partial charge is 0.327 e. The highest BCUT2D eigenvalue weighted by atomic mass is 32.2. The van der Waals surface area contributed by atoms with Crippen LogP contribution in [0.3, 0.4) is 0 Å². The van der Waals surface area contributed by atoms with Crippen LogP contribution in [0.2, 0.25) is 0 Å². The number of fused-ring (bicyclic) bond motifs is 1. The Morgan fingerprint density at radius 3 is 2.44 bits per heavy atom. The van der Waals surface area contributed by atoms with Crippen molar-refractivity contribution in [3.8, 4) is 0 Å². The first-order valence-corrected chi connectivity index (χ1v) is 7.19. The first-order valence-electron chi connectivity index (χ1n) is 5.53. The van der Waals surface area contributed by atoms with E-state index in [1.807, 2.05) is 13.8 Å². The quantitative estimate of drug-likeness (QED) is 0.822. The van der Waals surface area contributed by atoms with E-state index in [9.17, 15) is 13.2 Å².